The molecule has 24 heavy (non-hydrogen) atoms. The molecule has 1 unspecified atom stereocenters. The van der Waals surface area contributed by atoms with Gasteiger partial charge in [0.2, 0.25) is 0 Å². The normalized spacial score (nSPS) is 12.1. The Bertz CT molecular complexity index is 753. The van der Waals surface area contributed by atoms with Gasteiger partial charge in [-0.15, -0.1) is 0 Å². The molecule has 5 nitrogen and oxygen atoms in total. The Labute approximate surface area is 142 Å². The van der Waals surface area contributed by atoms with Gasteiger partial charge in [0.1, 0.15) is 17.9 Å². The van der Waals surface area contributed by atoms with Crippen LogP contribution in [0.15, 0.2) is 61.3 Å². The van der Waals surface area contributed by atoms with E-state index in [1.54, 1.807) is 12.5 Å². The molecule has 0 aliphatic heterocycles. The highest BCUT2D eigenvalue weighted by molar-refractivity contribution is 5.30. The van der Waals surface area contributed by atoms with Gasteiger partial charge < -0.3 is 10.1 Å². The average molecular weight is 322 g/mol. The Hall–Kier alpha value is -2.66. The molecule has 0 aliphatic rings. The first-order chi connectivity index (χ1) is 11.8. The van der Waals surface area contributed by atoms with Crippen LogP contribution in [0.4, 0.5) is 0 Å². The Kier molecular flexibility index (Phi) is 5.23. The number of aromatic nitrogens is 3. The van der Waals surface area contributed by atoms with Crippen LogP contribution < -0.4 is 10.1 Å². The number of hydrogen-bond acceptors (Lipinski definition) is 4. The molecule has 3 aromatic rings. The molecule has 2 heterocycles. The molecule has 3 rings (SSSR count). The summed E-state index contributed by atoms with van der Waals surface area (Å²) >= 11 is 0. The van der Waals surface area contributed by atoms with Gasteiger partial charge in [0.25, 0.3) is 0 Å². The van der Waals surface area contributed by atoms with E-state index in [4.69, 9.17) is 4.74 Å². The van der Waals surface area contributed by atoms with Crippen LogP contribution in [0.1, 0.15) is 31.0 Å². The molecule has 0 spiro atoms. The van der Waals surface area contributed by atoms with Crippen molar-refractivity contribution in [3.63, 3.8) is 0 Å². The van der Waals surface area contributed by atoms with E-state index in [0.29, 0.717) is 6.61 Å². The zero-order valence-corrected chi connectivity index (χ0v) is 14.0. The highest BCUT2D eigenvalue weighted by atomic mass is 16.5. The predicted octanol–water partition coefficient (Wildman–Crippen LogP) is 3.52. The first kappa shape index (κ1) is 16.2. The van der Waals surface area contributed by atoms with Gasteiger partial charge in [0.05, 0.1) is 6.61 Å². The molecule has 1 aromatic carbocycles. The minimum absolute atomic E-state index is 0.255. The zero-order valence-electron chi connectivity index (χ0n) is 14.0. The van der Waals surface area contributed by atoms with Crippen LogP contribution in [0.2, 0.25) is 0 Å². The van der Waals surface area contributed by atoms with Gasteiger partial charge in [-0.1, -0.05) is 12.1 Å². The van der Waals surface area contributed by atoms with Crippen molar-refractivity contribution in [3.8, 4) is 11.6 Å². The summed E-state index contributed by atoms with van der Waals surface area (Å²) in [6, 6.07) is 12.6. The first-order valence-corrected chi connectivity index (χ1v) is 8.15. The molecule has 0 radical (unpaired) electrons. The quantitative estimate of drug-likeness (QED) is 0.723. The van der Waals surface area contributed by atoms with E-state index in [1.165, 1.54) is 11.1 Å². The highest BCUT2D eigenvalue weighted by Gasteiger charge is 2.06. The van der Waals surface area contributed by atoms with Crippen molar-refractivity contribution in [2.24, 2.45) is 0 Å². The van der Waals surface area contributed by atoms with Crippen LogP contribution >= 0.6 is 0 Å². The maximum Gasteiger partial charge on any atom is 0.138 e. The number of nitrogens with one attached hydrogen (secondary N) is 1. The van der Waals surface area contributed by atoms with Crippen LogP contribution in [0.25, 0.3) is 5.82 Å². The molecule has 0 aliphatic carbocycles. The van der Waals surface area contributed by atoms with Gasteiger partial charge in [0.15, 0.2) is 0 Å². The van der Waals surface area contributed by atoms with Crippen molar-refractivity contribution < 1.29 is 4.74 Å². The average Bonchev–Trinajstić information content (AvgIpc) is 3.16. The Morgan fingerprint density at radius 3 is 2.71 bits per heavy atom. The zero-order chi connectivity index (χ0) is 16.8. The SMILES string of the molecule is CCOc1ccc(C(C)NCc2ccnc(-n3ccnc3)c2)cc1. The van der Waals surface area contributed by atoms with E-state index in [9.17, 15) is 0 Å². The number of imidazole rings is 1. The largest absolute Gasteiger partial charge is 0.494 e. The molecule has 0 saturated carbocycles. The monoisotopic (exact) mass is 322 g/mol. The van der Waals surface area contributed by atoms with Crippen LogP contribution in [0.5, 0.6) is 5.75 Å². The van der Waals surface area contributed by atoms with Crippen molar-refractivity contribution >= 4 is 0 Å². The lowest BCUT2D eigenvalue weighted by molar-refractivity contribution is 0.340. The molecular formula is C19H22N4O. The Morgan fingerprint density at radius 1 is 1.17 bits per heavy atom. The second kappa shape index (κ2) is 7.75. The van der Waals surface area contributed by atoms with E-state index in [2.05, 4.69) is 40.4 Å². The second-order valence-corrected chi connectivity index (χ2v) is 5.60. The summed E-state index contributed by atoms with van der Waals surface area (Å²) in [5.41, 5.74) is 2.42. The van der Waals surface area contributed by atoms with Gasteiger partial charge in [0, 0.05) is 31.2 Å². The summed E-state index contributed by atoms with van der Waals surface area (Å²) in [5, 5.41) is 3.55. The molecule has 2 aromatic heterocycles. The van der Waals surface area contributed by atoms with Crippen molar-refractivity contribution in [1.29, 1.82) is 0 Å². The first-order valence-electron chi connectivity index (χ1n) is 8.15. The van der Waals surface area contributed by atoms with E-state index >= 15 is 0 Å². The molecule has 1 atom stereocenters. The van der Waals surface area contributed by atoms with E-state index in [1.807, 2.05) is 42.1 Å². The molecular weight excluding hydrogens is 300 g/mol. The Balaban J connectivity index is 1.61. The van der Waals surface area contributed by atoms with Crippen LogP contribution in [0.3, 0.4) is 0 Å². The van der Waals surface area contributed by atoms with Crippen molar-refractivity contribution in [2.75, 3.05) is 6.61 Å². The fourth-order valence-electron chi connectivity index (χ4n) is 2.51. The number of rotatable bonds is 7. The molecule has 1 N–H and O–H groups in total. The van der Waals surface area contributed by atoms with Crippen molar-refractivity contribution in [3.05, 3.63) is 72.4 Å². The van der Waals surface area contributed by atoms with Gasteiger partial charge in [-0.05, 0) is 49.2 Å². The van der Waals surface area contributed by atoms with Crippen LogP contribution in [-0.2, 0) is 6.54 Å². The van der Waals surface area contributed by atoms with E-state index in [-0.39, 0.29) is 6.04 Å². The van der Waals surface area contributed by atoms with Gasteiger partial charge in [-0.3, -0.25) is 4.57 Å². The number of hydrogen-bond donors (Lipinski definition) is 1. The van der Waals surface area contributed by atoms with Gasteiger partial charge in [-0.25, -0.2) is 9.97 Å². The smallest absolute Gasteiger partial charge is 0.138 e. The number of benzene rings is 1. The number of ether oxygens (including phenoxy) is 1. The maximum absolute atomic E-state index is 5.48. The van der Waals surface area contributed by atoms with E-state index < -0.39 is 0 Å². The molecule has 0 bridgehead atoms. The Morgan fingerprint density at radius 2 is 2.00 bits per heavy atom. The fourth-order valence-corrected chi connectivity index (χ4v) is 2.51. The standard InChI is InChI=1S/C19H22N4O/c1-3-24-18-6-4-17(5-7-18)15(2)22-13-16-8-9-21-19(12-16)23-11-10-20-14-23/h4-12,14-15,22H,3,13H2,1-2H3. The number of nitrogens with zero attached hydrogens (tertiary/aromatic N) is 3. The minimum atomic E-state index is 0.255. The van der Waals surface area contributed by atoms with Crippen molar-refractivity contribution in [2.45, 2.75) is 26.4 Å². The number of pyridine rings is 1. The van der Waals surface area contributed by atoms with Crippen LogP contribution in [0, 0.1) is 0 Å². The van der Waals surface area contributed by atoms with Gasteiger partial charge in [-0.2, -0.15) is 0 Å². The third-order valence-electron chi connectivity index (χ3n) is 3.88. The third kappa shape index (κ3) is 4.00. The summed E-state index contributed by atoms with van der Waals surface area (Å²) in [6.45, 7) is 5.62. The van der Waals surface area contributed by atoms with E-state index in [0.717, 1.165) is 18.1 Å². The highest BCUT2D eigenvalue weighted by Crippen LogP contribution is 2.18. The van der Waals surface area contributed by atoms with Crippen molar-refractivity contribution in [1.82, 2.24) is 19.9 Å². The molecule has 5 heteroatoms. The van der Waals surface area contributed by atoms with Crippen LogP contribution in [-0.4, -0.2) is 21.1 Å². The fraction of sp³-hybridized carbons (Fsp3) is 0.263. The molecule has 0 amide bonds. The summed E-state index contributed by atoms with van der Waals surface area (Å²) in [5.74, 6) is 1.79. The lowest BCUT2D eigenvalue weighted by atomic mass is 10.1. The third-order valence-corrected chi connectivity index (χ3v) is 3.88. The lowest BCUT2D eigenvalue weighted by Crippen LogP contribution is -2.18. The summed E-state index contributed by atoms with van der Waals surface area (Å²) in [6.07, 6.45) is 7.22. The molecule has 0 fully saturated rings. The maximum atomic E-state index is 5.48. The summed E-state index contributed by atoms with van der Waals surface area (Å²) in [7, 11) is 0. The van der Waals surface area contributed by atoms with Gasteiger partial charge >= 0.3 is 0 Å². The lowest BCUT2D eigenvalue weighted by Gasteiger charge is -2.15. The minimum Gasteiger partial charge on any atom is -0.494 e. The molecule has 124 valence electrons. The predicted molar refractivity (Wildman–Crippen MR) is 94.2 cm³/mol. The summed E-state index contributed by atoms with van der Waals surface area (Å²) < 4.78 is 7.39. The summed E-state index contributed by atoms with van der Waals surface area (Å²) in [4.78, 5) is 8.44. The second-order valence-electron chi connectivity index (χ2n) is 5.60. The molecule has 0 saturated heterocycles. The topological polar surface area (TPSA) is 52.0 Å².